The summed E-state index contributed by atoms with van der Waals surface area (Å²) in [6, 6.07) is 6.09. The molecular formula is C10H16N2. The van der Waals surface area contributed by atoms with Crippen molar-refractivity contribution in [3.63, 3.8) is 0 Å². The number of hydrogen-bond donors (Lipinski definition) is 1. The number of nitrogens with two attached hydrogens (primary N) is 1. The zero-order valence-corrected chi connectivity index (χ0v) is 6.40. The van der Waals surface area contributed by atoms with Gasteiger partial charge in [-0.3, -0.25) is 4.98 Å². The molecule has 1 unspecified atom stereocenters. The first-order valence-corrected chi connectivity index (χ1v) is 4.04. The van der Waals surface area contributed by atoms with Crippen molar-refractivity contribution in [1.82, 2.24) is 4.98 Å². The molecule has 0 radical (unpaired) electrons. The zero-order chi connectivity index (χ0) is 7.68. The molecule has 1 fully saturated rings. The molecule has 1 aliphatic rings. The third-order valence-electron chi connectivity index (χ3n) is 2.16. The molecule has 1 heterocycles. The maximum Gasteiger partial charge on any atom is 0.0573 e. The van der Waals surface area contributed by atoms with E-state index in [4.69, 9.17) is 5.73 Å². The van der Waals surface area contributed by atoms with Crippen LogP contribution in [0.5, 0.6) is 0 Å². The number of aromatic nitrogens is 1. The standard InChI is InChI=1S/C9H12N2.CH4/c10-9(7-4-5-7)8-3-1-2-6-11-8;/h1-3,6-7,9H,4-5,10H2;1H4. The zero-order valence-electron chi connectivity index (χ0n) is 6.40. The van der Waals surface area contributed by atoms with Crippen molar-refractivity contribution in [2.24, 2.45) is 11.7 Å². The Morgan fingerprint density at radius 1 is 1.42 bits per heavy atom. The average Bonchev–Trinajstić information content (AvgIpc) is 2.87. The Balaban J connectivity index is 0.000000720. The molecule has 66 valence electrons. The molecule has 1 atom stereocenters. The largest absolute Gasteiger partial charge is 0.322 e. The van der Waals surface area contributed by atoms with E-state index in [0.717, 1.165) is 5.69 Å². The van der Waals surface area contributed by atoms with Crippen LogP contribution in [0, 0.1) is 5.92 Å². The molecule has 2 nitrogen and oxygen atoms in total. The molecule has 0 bridgehead atoms. The van der Waals surface area contributed by atoms with E-state index in [-0.39, 0.29) is 13.5 Å². The van der Waals surface area contributed by atoms with Crippen LogP contribution in [0.15, 0.2) is 24.4 Å². The van der Waals surface area contributed by atoms with Crippen LogP contribution in [0.1, 0.15) is 32.0 Å². The van der Waals surface area contributed by atoms with Gasteiger partial charge in [-0.25, -0.2) is 0 Å². The minimum atomic E-state index is 0. The van der Waals surface area contributed by atoms with Crippen LogP contribution < -0.4 is 5.73 Å². The fourth-order valence-electron chi connectivity index (χ4n) is 1.27. The lowest BCUT2D eigenvalue weighted by atomic mass is 10.1. The summed E-state index contributed by atoms with van der Waals surface area (Å²) < 4.78 is 0. The van der Waals surface area contributed by atoms with Gasteiger partial charge in [-0.15, -0.1) is 0 Å². The normalized spacial score (nSPS) is 18.1. The highest BCUT2D eigenvalue weighted by Crippen LogP contribution is 2.38. The van der Waals surface area contributed by atoms with E-state index in [1.165, 1.54) is 12.8 Å². The number of hydrogen-bond acceptors (Lipinski definition) is 2. The first-order chi connectivity index (χ1) is 5.38. The Labute approximate surface area is 73.8 Å². The summed E-state index contributed by atoms with van der Waals surface area (Å²) >= 11 is 0. The lowest BCUT2D eigenvalue weighted by Crippen LogP contribution is -2.13. The van der Waals surface area contributed by atoms with Gasteiger partial charge in [0.05, 0.1) is 5.69 Å². The van der Waals surface area contributed by atoms with Crippen LogP contribution in [0.4, 0.5) is 0 Å². The highest BCUT2D eigenvalue weighted by atomic mass is 14.8. The van der Waals surface area contributed by atoms with Crippen molar-refractivity contribution >= 4 is 0 Å². The summed E-state index contributed by atoms with van der Waals surface area (Å²) in [7, 11) is 0. The van der Waals surface area contributed by atoms with Crippen molar-refractivity contribution in [3.05, 3.63) is 30.1 Å². The van der Waals surface area contributed by atoms with Crippen LogP contribution in [-0.2, 0) is 0 Å². The van der Waals surface area contributed by atoms with Crippen molar-refractivity contribution in [2.45, 2.75) is 26.3 Å². The maximum absolute atomic E-state index is 5.94. The molecule has 0 saturated heterocycles. The minimum Gasteiger partial charge on any atom is -0.322 e. The number of pyridine rings is 1. The number of rotatable bonds is 2. The van der Waals surface area contributed by atoms with E-state index < -0.39 is 0 Å². The van der Waals surface area contributed by atoms with Crippen molar-refractivity contribution in [3.8, 4) is 0 Å². The topological polar surface area (TPSA) is 38.9 Å². The molecule has 12 heavy (non-hydrogen) atoms. The first kappa shape index (κ1) is 9.20. The summed E-state index contributed by atoms with van der Waals surface area (Å²) in [5.41, 5.74) is 6.97. The second-order valence-corrected chi connectivity index (χ2v) is 3.12. The monoisotopic (exact) mass is 164 g/mol. The smallest absolute Gasteiger partial charge is 0.0573 e. The molecule has 2 rings (SSSR count). The molecule has 2 N–H and O–H groups in total. The van der Waals surface area contributed by atoms with Crippen molar-refractivity contribution in [2.75, 3.05) is 0 Å². The van der Waals surface area contributed by atoms with E-state index in [2.05, 4.69) is 4.98 Å². The van der Waals surface area contributed by atoms with Crippen LogP contribution in [0.2, 0.25) is 0 Å². The third kappa shape index (κ3) is 1.83. The Kier molecular flexibility index (Phi) is 2.82. The Hall–Kier alpha value is -0.890. The predicted molar refractivity (Wildman–Crippen MR) is 50.6 cm³/mol. The Morgan fingerprint density at radius 3 is 2.67 bits per heavy atom. The van der Waals surface area contributed by atoms with Gasteiger partial charge in [0.15, 0.2) is 0 Å². The van der Waals surface area contributed by atoms with Gasteiger partial charge >= 0.3 is 0 Å². The molecule has 1 aromatic heterocycles. The van der Waals surface area contributed by atoms with Crippen LogP contribution in [0.25, 0.3) is 0 Å². The summed E-state index contributed by atoms with van der Waals surface area (Å²) in [6.07, 6.45) is 4.35. The van der Waals surface area contributed by atoms with E-state index in [1.807, 2.05) is 18.2 Å². The molecule has 0 spiro atoms. The van der Waals surface area contributed by atoms with Crippen LogP contribution in [0.3, 0.4) is 0 Å². The van der Waals surface area contributed by atoms with Gasteiger partial charge in [-0.1, -0.05) is 13.5 Å². The second-order valence-electron chi connectivity index (χ2n) is 3.12. The quantitative estimate of drug-likeness (QED) is 0.727. The summed E-state index contributed by atoms with van der Waals surface area (Å²) in [6.45, 7) is 0. The third-order valence-corrected chi connectivity index (χ3v) is 2.16. The van der Waals surface area contributed by atoms with Crippen molar-refractivity contribution in [1.29, 1.82) is 0 Å². The van der Waals surface area contributed by atoms with Gasteiger partial charge < -0.3 is 5.73 Å². The van der Waals surface area contributed by atoms with E-state index in [0.29, 0.717) is 5.92 Å². The minimum absolute atomic E-state index is 0. The molecule has 1 aromatic rings. The lowest BCUT2D eigenvalue weighted by Gasteiger charge is -2.07. The van der Waals surface area contributed by atoms with E-state index >= 15 is 0 Å². The van der Waals surface area contributed by atoms with E-state index in [1.54, 1.807) is 6.20 Å². The molecule has 0 aliphatic heterocycles. The van der Waals surface area contributed by atoms with Gasteiger partial charge in [-0.2, -0.15) is 0 Å². The molecule has 0 amide bonds. The summed E-state index contributed by atoms with van der Waals surface area (Å²) in [5.74, 6) is 0.699. The molecule has 2 heteroatoms. The molecule has 0 aromatic carbocycles. The first-order valence-electron chi connectivity index (χ1n) is 4.04. The van der Waals surface area contributed by atoms with E-state index in [9.17, 15) is 0 Å². The maximum atomic E-state index is 5.94. The van der Waals surface area contributed by atoms with Crippen LogP contribution in [-0.4, -0.2) is 4.98 Å². The SMILES string of the molecule is C.NC(c1ccccn1)C1CC1. The average molecular weight is 164 g/mol. The van der Waals surface area contributed by atoms with Gasteiger partial charge in [-0.05, 0) is 30.9 Å². The summed E-state index contributed by atoms with van der Waals surface area (Å²) in [4.78, 5) is 4.21. The second kappa shape index (κ2) is 3.68. The highest BCUT2D eigenvalue weighted by Gasteiger charge is 2.29. The Bertz CT molecular complexity index is 229. The molecule has 1 saturated carbocycles. The van der Waals surface area contributed by atoms with Gasteiger partial charge in [0.2, 0.25) is 0 Å². The Morgan fingerprint density at radius 2 is 2.17 bits per heavy atom. The van der Waals surface area contributed by atoms with Gasteiger partial charge in [0, 0.05) is 12.2 Å². The fraction of sp³-hybridized carbons (Fsp3) is 0.500. The fourth-order valence-corrected chi connectivity index (χ4v) is 1.27. The predicted octanol–water partition coefficient (Wildman–Crippen LogP) is 2.13. The molecule has 1 aliphatic carbocycles. The van der Waals surface area contributed by atoms with Crippen molar-refractivity contribution < 1.29 is 0 Å². The number of nitrogens with zero attached hydrogens (tertiary/aromatic N) is 1. The summed E-state index contributed by atoms with van der Waals surface area (Å²) in [5, 5.41) is 0. The highest BCUT2D eigenvalue weighted by molar-refractivity contribution is 5.10. The molecular weight excluding hydrogens is 148 g/mol. The van der Waals surface area contributed by atoms with Gasteiger partial charge in [0.25, 0.3) is 0 Å². The lowest BCUT2D eigenvalue weighted by molar-refractivity contribution is 0.615. The van der Waals surface area contributed by atoms with Crippen LogP contribution >= 0.6 is 0 Å². The van der Waals surface area contributed by atoms with Gasteiger partial charge in [0.1, 0.15) is 0 Å².